The topological polar surface area (TPSA) is 21.3 Å². The van der Waals surface area contributed by atoms with Crippen molar-refractivity contribution in [3.63, 3.8) is 0 Å². The second kappa shape index (κ2) is 13.4. The summed E-state index contributed by atoms with van der Waals surface area (Å²) in [6.45, 7) is 0. The molecule has 3 heteroatoms. The summed E-state index contributed by atoms with van der Waals surface area (Å²) in [7, 11) is 0. The van der Waals surface area contributed by atoms with Crippen LogP contribution in [0.4, 0.5) is 17.1 Å². The van der Waals surface area contributed by atoms with Gasteiger partial charge < -0.3 is 13.9 Å². The molecule has 0 unspecified atom stereocenters. The van der Waals surface area contributed by atoms with E-state index >= 15 is 0 Å². The van der Waals surface area contributed by atoms with Crippen LogP contribution in [0.1, 0.15) is 0 Å². The summed E-state index contributed by atoms with van der Waals surface area (Å²) in [6.07, 6.45) is 0. The molecule has 0 bridgehead atoms. The maximum absolute atomic E-state index is 6.39. The highest BCUT2D eigenvalue weighted by Crippen LogP contribution is 2.41. The van der Waals surface area contributed by atoms with Gasteiger partial charge in [0.05, 0.1) is 11.0 Å². The summed E-state index contributed by atoms with van der Waals surface area (Å²) in [5.41, 5.74) is 13.2. The molecule has 0 aliphatic rings. The van der Waals surface area contributed by atoms with Crippen molar-refractivity contribution in [2.45, 2.75) is 0 Å². The number of anilines is 3. The van der Waals surface area contributed by atoms with Gasteiger partial charge >= 0.3 is 0 Å². The van der Waals surface area contributed by atoms with Gasteiger partial charge in [0.1, 0.15) is 11.2 Å². The Hall–Kier alpha value is -7.88. The molecule has 0 aliphatic heterocycles. The Morgan fingerprint density at radius 3 is 1.64 bits per heavy atom. The van der Waals surface area contributed by atoms with Gasteiger partial charge in [-0.05, 0) is 123 Å². The number of hydrogen-bond donors (Lipinski definition) is 0. The van der Waals surface area contributed by atoms with Crippen molar-refractivity contribution >= 4 is 82.4 Å². The summed E-state index contributed by atoms with van der Waals surface area (Å²) >= 11 is 0. The van der Waals surface area contributed by atoms with E-state index in [1.807, 2.05) is 12.1 Å². The number of nitrogens with zero attached hydrogens (tertiary/aromatic N) is 2. The zero-order valence-corrected chi connectivity index (χ0v) is 32.1. The van der Waals surface area contributed by atoms with Gasteiger partial charge in [0, 0.05) is 50.4 Å². The van der Waals surface area contributed by atoms with Crippen LogP contribution in [0.25, 0.3) is 93.2 Å². The van der Waals surface area contributed by atoms with Crippen molar-refractivity contribution in [2.75, 3.05) is 4.90 Å². The third-order valence-corrected chi connectivity index (χ3v) is 11.9. The van der Waals surface area contributed by atoms with E-state index in [4.69, 9.17) is 4.42 Å². The molecule has 0 atom stereocenters. The predicted octanol–water partition coefficient (Wildman–Crippen LogP) is 15.8. The highest BCUT2D eigenvalue weighted by molar-refractivity contribution is 6.13. The van der Waals surface area contributed by atoms with Crippen LogP contribution in [0.3, 0.4) is 0 Å². The molecular weight excluding hydrogens is 717 g/mol. The molecule has 59 heavy (non-hydrogen) atoms. The number of furan rings is 1. The first-order valence-corrected chi connectivity index (χ1v) is 20.2. The first kappa shape index (κ1) is 33.3. The molecule has 2 aromatic heterocycles. The first-order valence-electron chi connectivity index (χ1n) is 20.2. The molecule has 12 rings (SSSR count). The molecule has 0 radical (unpaired) electrons. The van der Waals surface area contributed by atoms with Gasteiger partial charge in [-0.15, -0.1) is 0 Å². The van der Waals surface area contributed by atoms with E-state index in [1.54, 1.807) is 0 Å². The van der Waals surface area contributed by atoms with Crippen LogP contribution in [-0.2, 0) is 0 Å². The predicted molar refractivity (Wildman–Crippen MR) is 249 cm³/mol. The molecule has 2 heterocycles. The van der Waals surface area contributed by atoms with Crippen molar-refractivity contribution in [1.82, 2.24) is 4.57 Å². The fourth-order valence-electron chi connectivity index (χ4n) is 9.03. The van der Waals surface area contributed by atoms with Crippen LogP contribution in [0.2, 0.25) is 0 Å². The number of para-hydroxylation sites is 2. The fraction of sp³-hybridized carbons (Fsp3) is 0. The summed E-state index contributed by atoms with van der Waals surface area (Å²) in [6, 6.07) is 78.8. The van der Waals surface area contributed by atoms with Gasteiger partial charge in [-0.3, -0.25) is 0 Å². The van der Waals surface area contributed by atoms with Crippen LogP contribution in [0.5, 0.6) is 0 Å². The summed E-state index contributed by atoms with van der Waals surface area (Å²) in [4.78, 5) is 2.32. The lowest BCUT2D eigenvalue weighted by Crippen LogP contribution is -2.09. The number of benzene rings is 10. The Morgan fingerprint density at radius 2 is 0.881 bits per heavy atom. The molecule has 276 valence electrons. The molecule has 0 saturated heterocycles. The van der Waals surface area contributed by atoms with Crippen LogP contribution in [0.15, 0.2) is 223 Å². The minimum Gasteiger partial charge on any atom is -0.456 e. The van der Waals surface area contributed by atoms with E-state index in [0.29, 0.717) is 0 Å². The highest BCUT2D eigenvalue weighted by Gasteiger charge is 2.17. The molecule has 0 fully saturated rings. The number of fused-ring (bicyclic) bond motifs is 8. The molecule has 3 nitrogen and oxygen atoms in total. The third kappa shape index (κ3) is 5.59. The minimum atomic E-state index is 0.868. The van der Waals surface area contributed by atoms with Gasteiger partial charge in [0.25, 0.3) is 0 Å². The van der Waals surface area contributed by atoms with E-state index in [2.05, 4.69) is 216 Å². The molecule has 0 amide bonds. The second-order valence-corrected chi connectivity index (χ2v) is 15.4. The van der Waals surface area contributed by atoms with Crippen LogP contribution in [0, 0.1) is 0 Å². The monoisotopic (exact) mass is 752 g/mol. The quantitative estimate of drug-likeness (QED) is 0.169. The van der Waals surface area contributed by atoms with Gasteiger partial charge in [-0.25, -0.2) is 0 Å². The normalized spacial score (nSPS) is 11.7. The summed E-state index contributed by atoms with van der Waals surface area (Å²) in [5, 5.41) is 9.74. The van der Waals surface area contributed by atoms with E-state index in [9.17, 15) is 0 Å². The van der Waals surface area contributed by atoms with E-state index in [-0.39, 0.29) is 0 Å². The Bertz CT molecular complexity index is 3550. The highest BCUT2D eigenvalue weighted by atomic mass is 16.3. The number of hydrogen-bond acceptors (Lipinski definition) is 2. The summed E-state index contributed by atoms with van der Waals surface area (Å²) in [5.74, 6) is 0. The zero-order valence-electron chi connectivity index (χ0n) is 32.1. The number of aromatic nitrogens is 1. The van der Waals surface area contributed by atoms with Crippen LogP contribution < -0.4 is 4.90 Å². The average Bonchev–Trinajstić information content (AvgIpc) is 3.83. The largest absolute Gasteiger partial charge is 0.456 e. The van der Waals surface area contributed by atoms with Crippen LogP contribution in [-0.4, -0.2) is 4.57 Å². The molecular formula is C56H36N2O. The Morgan fingerprint density at radius 1 is 0.305 bits per heavy atom. The minimum absolute atomic E-state index is 0.868. The lowest BCUT2D eigenvalue weighted by molar-refractivity contribution is 0.669. The molecule has 10 aromatic carbocycles. The van der Waals surface area contributed by atoms with E-state index in [0.717, 1.165) is 55.8 Å². The van der Waals surface area contributed by atoms with Gasteiger partial charge in [0.2, 0.25) is 0 Å². The molecule has 0 saturated carbocycles. The molecule has 12 aromatic rings. The zero-order chi connectivity index (χ0) is 38.9. The third-order valence-electron chi connectivity index (χ3n) is 11.9. The van der Waals surface area contributed by atoms with Crippen molar-refractivity contribution in [1.29, 1.82) is 0 Å². The van der Waals surface area contributed by atoms with Crippen molar-refractivity contribution in [2.24, 2.45) is 0 Å². The number of rotatable bonds is 6. The Balaban J connectivity index is 0.945. The lowest BCUT2D eigenvalue weighted by atomic mass is 10.0. The SMILES string of the molecule is c1cc(-c2ccc(N(c3ccc(-c4ccc5ccccc5c4)cc3)c3ccc4c(c3)oc3ccccc34)cc2)cc(-n2c3ccccc3c3cc4ccccc4cc32)c1. The smallest absolute Gasteiger partial charge is 0.137 e. The average molecular weight is 753 g/mol. The summed E-state index contributed by atoms with van der Waals surface area (Å²) < 4.78 is 8.80. The first-order chi connectivity index (χ1) is 29.2. The Labute approximate surface area is 341 Å². The molecule has 0 aliphatic carbocycles. The maximum Gasteiger partial charge on any atom is 0.137 e. The Kier molecular flexibility index (Phi) is 7.54. The van der Waals surface area contributed by atoms with Gasteiger partial charge in [-0.2, -0.15) is 0 Å². The van der Waals surface area contributed by atoms with E-state index in [1.165, 1.54) is 54.5 Å². The van der Waals surface area contributed by atoms with Crippen molar-refractivity contribution in [3.05, 3.63) is 218 Å². The van der Waals surface area contributed by atoms with Gasteiger partial charge in [-0.1, -0.05) is 133 Å². The standard InChI is InChI=1S/C56H36N2O/c1-2-11-40-32-44(21-20-37(40)10-1)39-24-28-46(29-25-39)57(48-30-31-51-50-17-6-8-19-55(50)59-56(51)36-48)45-26-22-38(23-27-45)41-14-9-15-47(33-41)58-53-18-7-5-16-49(53)52-34-42-12-3-4-13-43(42)35-54(52)58/h1-36H. The van der Waals surface area contributed by atoms with Crippen LogP contribution >= 0.6 is 0 Å². The molecule has 0 N–H and O–H groups in total. The van der Waals surface area contributed by atoms with Crippen molar-refractivity contribution < 1.29 is 4.42 Å². The van der Waals surface area contributed by atoms with Gasteiger partial charge in [0.15, 0.2) is 0 Å². The lowest BCUT2D eigenvalue weighted by Gasteiger charge is -2.26. The fourth-order valence-corrected chi connectivity index (χ4v) is 9.03. The van der Waals surface area contributed by atoms with E-state index < -0.39 is 0 Å². The molecule has 0 spiro atoms. The second-order valence-electron chi connectivity index (χ2n) is 15.4. The van der Waals surface area contributed by atoms with Crippen molar-refractivity contribution in [3.8, 4) is 27.9 Å². The maximum atomic E-state index is 6.39.